The van der Waals surface area contributed by atoms with Crippen molar-refractivity contribution in [3.05, 3.63) is 54.1 Å². The van der Waals surface area contributed by atoms with Crippen LogP contribution in [0.25, 0.3) is 22.2 Å². The van der Waals surface area contributed by atoms with Crippen LogP contribution >= 0.6 is 0 Å². The number of rotatable bonds is 5. The summed E-state index contributed by atoms with van der Waals surface area (Å²) in [5.74, 6) is 3.35. The summed E-state index contributed by atoms with van der Waals surface area (Å²) >= 11 is 0. The fraction of sp³-hybridized carbons (Fsp3) is 0.543. The summed E-state index contributed by atoms with van der Waals surface area (Å²) in [6.45, 7) is 2.20. The van der Waals surface area contributed by atoms with Crippen molar-refractivity contribution in [1.82, 2.24) is 10.3 Å². The molecular weight excluding hydrogens is 494 g/mol. The number of nitrogens with one attached hydrogen (secondary N) is 3. The van der Waals surface area contributed by atoms with Gasteiger partial charge in [0.25, 0.3) is 5.91 Å². The number of anilines is 1. The summed E-state index contributed by atoms with van der Waals surface area (Å²) in [4.78, 5) is 29.9. The molecule has 5 heteroatoms. The normalized spacial score (nSPS) is 35.7. The number of aromatic nitrogens is 1. The third-order valence-electron chi connectivity index (χ3n) is 11.7. The average molecular weight is 536 g/mol. The zero-order chi connectivity index (χ0) is 27.1. The highest BCUT2D eigenvalue weighted by molar-refractivity contribution is 5.99. The number of H-pyrrole nitrogens is 1. The fourth-order valence-corrected chi connectivity index (χ4v) is 10.3. The second kappa shape index (κ2) is 8.96. The minimum absolute atomic E-state index is 0.0125. The van der Waals surface area contributed by atoms with Gasteiger partial charge in [0, 0.05) is 39.3 Å². The Morgan fingerprint density at radius 3 is 2.40 bits per heavy atom. The van der Waals surface area contributed by atoms with Crippen LogP contribution in [0.15, 0.2) is 48.5 Å². The lowest BCUT2D eigenvalue weighted by Crippen LogP contribution is -2.57. The summed E-state index contributed by atoms with van der Waals surface area (Å²) in [5, 5.41) is 7.79. The molecule has 2 aromatic carbocycles. The number of carbonyl (C=O) groups is 2. The molecule has 4 bridgehead atoms. The summed E-state index contributed by atoms with van der Waals surface area (Å²) in [6, 6.07) is 16.3. The molecule has 1 aromatic heterocycles. The number of aromatic amines is 1. The smallest absolute Gasteiger partial charge is 0.251 e. The second-order valence-corrected chi connectivity index (χ2v) is 14.4. The Morgan fingerprint density at radius 1 is 0.900 bits per heavy atom. The van der Waals surface area contributed by atoms with Crippen molar-refractivity contribution in [3.63, 3.8) is 0 Å². The largest absolute Gasteiger partial charge is 0.355 e. The summed E-state index contributed by atoms with van der Waals surface area (Å²) in [6.07, 6.45) is 13.7. The van der Waals surface area contributed by atoms with E-state index in [9.17, 15) is 9.59 Å². The van der Waals surface area contributed by atoms with Gasteiger partial charge >= 0.3 is 0 Å². The van der Waals surface area contributed by atoms with Crippen LogP contribution in [0.3, 0.4) is 0 Å². The van der Waals surface area contributed by atoms with E-state index in [2.05, 4.69) is 40.7 Å². The van der Waals surface area contributed by atoms with Crippen molar-refractivity contribution in [2.45, 2.75) is 83.1 Å². The van der Waals surface area contributed by atoms with Crippen LogP contribution in [0.4, 0.5) is 5.69 Å². The highest BCUT2D eigenvalue weighted by atomic mass is 16.2. The van der Waals surface area contributed by atoms with E-state index in [1.165, 1.54) is 51.4 Å². The first-order valence-electron chi connectivity index (χ1n) is 15.7. The van der Waals surface area contributed by atoms with Crippen LogP contribution in [-0.4, -0.2) is 22.3 Å². The summed E-state index contributed by atoms with van der Waals surface area (Å²) in [5.41, 5.74) is 5.26. The third kappa shape index (κ3) is 4.02. The molecule has 208 valence electrons. The Balaban J connectivity index is 0.974. The molecular formula is C35H41N3O2. The lowest BCUT2D eigenvalue weighted by Gasteiger charge is -2.51. The lowest BCUT2D eigenvalue weighted by atomic mass is 9.59. The number of benzene rings is 2. The predicted molar refractivity (Wildman–Crippen MR) is 159 cm³/mol. The van der Waals surface area contributed by atoms with Crippen molar-refractivity contribution in [1.29, 1.82) is 0 Å². The molecule has 5 fully saturated rings. The van der Waals surface area contributed by atoms with Crippen molar-refractivity contribution in [2.24, 2.45) is 35.0 Å². The second-order valence-electron chi connectivity index (χ2n) is 14.4. The summed E-state index contributed by atoms with van der Waals surface area (Å²) < 4.78 is 0. The van der Waals surface area contributed by atoms with Gasteiger partial charge in [0.15, 0.2) is 0 Å². The minimum Gasteiger partial charge on any atom is -0.355 e. The van der Waals surface area contributed by atoms with Gasteiger partial charge in [-0.2, -0.15) is 0 Å². The van der Waals surface area contributed by atoms with Gasteiger partial charge in [-0.05, 0) is 129 Å². The average Bonchev–Trinajstić information content (AvgIpc) is 3.54. The number of fused-ring (bicyclic) bond motifs is 4. The van der Waals surface area contributed by atoms with Crippen molar-refractivity contribution >= 4 is 28.4 Å². The van der Waals surface area contributed by atoms with Gasteiger partial charge < -0.3 is 15.6 Å². The predicted octanol–water partition coefficient (Wildman–Crippen LogP) is 7.69. The first kappa shape index (κ1) is 24.7. The Kier molecular flexibility index (Phi) is 5.53. The molecule has 2 amide bonds. The monoisotopic (exact) mass is 535 g/mol. The first-order valence-corrected chi connectivity index (χ1v) is 15.7. The fourth-order valence-electron chi connectivity index (χ4n) is 10.3. The highest BCUT2D eigenvalue weighted by Gasteiger charge is 2.64. The molecule has 2 unspecified atom stereocenters. The molecule has 5 aliphatic carbocycles. The maximum absolute atomic E-state index is 13.6. The molecule has 5 saturated carbocycles. The molecule has 5 aliphatic rings. The molecule has 3 aromatic rings. The SMILES string of the molecule is CC1CCCCC1C(=O)Nc1ccc(-c2cc3cc(C(=O)NC45C[C@H]6CC7C[C@H](C4)CC7(C6)C5)ccc3[nH]2)cc1. The Morgan fingerprint density at radius 2 is 1.65 bits per heavy atom. The molecule has 8 rings (SSSR count). The first-order chi connectivity index (χ1) is 19.4. The lowest BCUT2D eigenvalue weighted by molar-refractivity contribution is -0.122. The topological polar surface area (TPSA) is 74.0 Å². The van der Waals surface area contributed by atoms with E-state index >= 15 is 0 Å². The van der Waals surface area contributed by atoms with Crippen molar-refractivity contribution < 1.29 is 9.59 Å². The van der Waals surface area contributed by atoms with Crippen molar-refractivity contribution in [3.8, 4) is 11.3 Å². The van der Waals surface area contributed by atoms with Crippen LogP contribution in [0, 0.1) is 35.0 Å². The number of hydrogen-bond donors (Lipinski definition) is 3. The van der Waals surface area contributed by atoms with E-state index in [-0.39, 0.29) is 23.3 Å². The van der Waals surface area contributed by atoms with Gasteiger partial charge in [-0.3, -0.25) is 9.59 Å². The van der Waals surface area contributed by atoms with Gasteiger partial charge in [0.2, 0.25) is 5.91 Å². The molecule has 0 saturated heterocycles. The number of amides is 2. The van der Waals surface area contributed by atoms with E-state index in [0.29, 0.717) is 11.3 Å². The molecule has 0 radical (unpaired) electrons. The van der Waals surface area contributed by atoms with Gasteiger partial charge in [-0.25, -0.2) is 0 Å². The number of hydrogen-bond acceptors (Lipinski definition) is 2. The van der Waals surface area contributed by atoms with E-state index < -0.39 is 0 Å². The maximum Gasteiger partial charge on any atom is 0.251 e. The Bertz CT molecular complexity index is 1470. The van der Waals surface area contributed by atoms with Crippen LogP contribution in [0.5, 0.6) is 0 Å². The van der Waals surface area contributed by atoms with Gasteiger partial charge in [-0.15, -0.1) is 0 Å². The number of carbonyl (C=O) groups excluding carboxylic acids is 2. The van der Waals surface area contributed by atoms with E-state index in [0.717, 1.165) is 70.4 Å². The van der Waals surface area contributed by atoms with Crippen LogP contribution in [0.2, 0.25) is 0 Å². The minimum atomic E-state index is 0.0125. The molecule has 1 spiro atoms. The molecule has 5 nitrogen and oxygen atoms in total. The quantitative estimate of drug-likeness (QED) is 0.313. The third-order valence-corrected chi connectivity index (χ3v) is 11.7. The van der Waals surface area contributed by atoms with Gasteiger partial charge in [-0.1, -0.05) is 31.9 Å². The zero-order valence-corrected chi connectivity index (χ0v) is 23.6. The molecule has 0 aliphatic heterocycles. The van der Waals surface area contributed by atoms with Crippen LogP contribution in [-0.2, 0) is 4.79 Å². The van der Waals surface area contributed by atoms with E-state index in [1.54, 1.807) is 0 Å². The van der Waals surface area contributed by atoms with Crippen LogP contribution < -0.4 is 10.6 Å². The zero-order valence-electron chi connectivity index (χ0n) is 23.6. The molecule has 40 heavy (non-hydrogen) atoms. The highest BCUT2D eigenvalue weighted by Crippen LogP contribution is 2.70. The van der Waals surface area contributed by atoms with Crippen LogP contribution in [0.1, 0.15) is 87.9 Å². The maximum atomic E-state index is 13.6. The molecule has 3 N–H and O–H groups in total. The van der Waals surface area contributed by atoms with Gasteiger partial charge in [0.1, 0.15) is 0 Å². The van der Waals surface area contributed by atoms with E-state index in [1.807, 2.05) is 30.3 Å². The standard InChI is InChI=1S/C35H41N3O2/c1-21-4-2-3-5-29(21)33(40)36-28-9-6-24(7-10-28)31-15-26-14-25(8-11-30(26)37-31)32(39)38-35-18-22-12-27-13-23(19-35)17-34(27,16-22)20-35/h6-11,14-15,21-23,27,29,37H,2-5,12-13,16-20H2,1H3,(H,36,40)(H,38,39)/t21?,22-,23-,27?,29?,34?,35?/m0/s1. The Hall–Kier alpha value is -3.08. The van der Waals surface area contributed by atoms with Crippen molar-refractivity contribution in [2.75, 3.05) is 5.32 Å². The molecule has 4 atom stereocenters. The van der Waals surface area contributed by atoms with Gasteiger partial charge in [0.05, 0.1) is 0 Å². The molecule has 1 heterocycles. The summed E-state index contributed by atoms with van der Waals surface area (Å²) in [7, 11) is 0. The Labute approximate surface area is 236 Å². The van der Waals surface area contributed by atoms with E-state index in [4.69, 9.17) is 0 Å².